The summed E-state index contributed by atoms with van der Waals surface area (Å²) in [6.45, 7) is 9.13. The lowest BCUT2D eigenvalue weighted by Crippen LogP contribution is -1.97. The van der Waals surface area contributed by atoms with Crippen molar-refractivity contribution in [1.29, 1.82) is 0 Å². The van der Waals surface area contributed by atoms with Crippen molar-refractivity contribution in [3.05, 3.63) is 13.2 Å². The molecule has 0 aromatic carbocycles. The Hall–Kier alpha value is -0.300. The molecule has 0 spiro atoms. The Kier molecular flexibility index (Phi) is 20.7. The van der Waals surface area contributed by atoms with Crippen LogP contribution in [0.1, 0.15) is 58.3 Å². The minimum Gasteiger partial charge on any atom is -0.330 e. The highest BCUT2D eigenvalue weighted by molar-refractivity contribution is 4.45. The van der Waals surface area contributed by atoms with Crippen molar-refractivity contribution in [2.75, 3.05) is 6.54 Å². The summed E-state index contributed by atoms with van der Waals surface area (Å²) in [5.74, 6) is 0. The molecule has 0 aromatic heterocycles. The fourth-order valence-corrected chi connectivity index (χ4v) is 1.28. The van der Waals surface area contributed by atoms with Crippen LogP contribution in [0.3, 0.4) is 0 Å². The summed E-state index contributed by atoms with van der Waals surface area (Å²) in [7, 11) is 0. The Morgan fingerprint density at radius 3 is 1.54 bits per heavy atom. The molecule has 0 atom stereocenters. The van der Waals surface area contributed by atoms with Gasteiger partial charge in [0.25, 0.3) is 0 Å². The van der Waals surface area contributed by atoms with Gasteiger partial charge in [-0.15, -0.1) is 13.2 Å². The van der Waals surface area contributed by atoms with Crippen molar-refractivity contribution < 1.29 is 0 Å². The van der Waals surface area contributed by atoms with E-state index in [9.17, 15) is 0 Å². The molecule has 0 aliphatic carbocycles. The number of unbranched alkanes of at least 4 members (excludes halogenated alkanes) is 7. The smallest absolute Gasteiger partial charge is 0.00773 e. The lowest BCUT2D eigenvalue weighted by molar-refractivity contribution is 0.578. The lowest BCUT2D eigenvalue weighted by atomic mass is 10.1. The predicted molar refractivity (Wildman–Crippen MR) is 62.9 cm³/mol. The molecule has 0 aromatic rings. The summed E-state index contributed by atoms with van der Waals surface area (Å²) < 4.78 is 0. The van der Waals surface area contributed by atoms with Crippen molar-refractivity contribution in [2.45, 2.75) is 58.3 Å². The highest BCUT2D eigenvalue weighted by Crippen LogP contribution is 2.07. The van der Waals surface area contributed by atoms with Crippen LogP contribution in [-0.4, -0.2) is 6.54 Å². The first-order valence-electron chi connectivity index (χ1n) is 5.62. The van der Waals surface area contributed by atoms with Gasteiger partial charge in [-0.05, 0) is 13.0 Å². The largest absolute Gasteiger partial charge is 0.330 e. The molecule has 0 rings (SSSR count). The molecule has 0 fully saturated rings. The second-order valence-corrected chi connectivity index (χ2v) is 3.26. The van der Waals surface area contributed by atoms with Gasteiger partial charge >= 0.3 is 0 Å². The van der Waals surface area contributed by atoms with Crippen LogP contribution in [0.5, 0.6) is 0 Å². The maximum Gasteiger partial charge on any atom is -0.00773 e. The number of nitrogens with two attached hydrogens (primary N) is 1. The highest BCUT2D eigenvalue weighted by atomic mass is 14.5. The topological polar surface area (TPSA) is 26.0 Å². The third-order valence-electron chi connectivity index (χ3n) is 2.06. The highest BCUT2D eigenvalue weighted by Gasteiger charge is 1.89. The number of hydrogen-bond acceptors (Lipinski definition) is 1. The third kappa shape index (κ3) is 18.6. The van der Waals surface area contributed by atoms with E-state index < -0.39 is 0 Å². The van der Waals surface area contributed by atoms with E-state index in [1.165, 1.54) is 51.4 Å². The lowest BCUT2D eigenvalue weighted by Gasteiger charge is -1.99. The quantitative estimate of drug-likeness (QED) is 0.450. The molecular weight excluding hydrogens is 158 g/mol. The van der Waals surface area contributed by atoms with Gasteiger partial charge in [-0.3, -0.25) is 0 Å². The molecule has 80 valence electrons. The van der Waals surface area contributed by atoms with Crippen molar-refractivity contribution in [3.8, 4) is 0 Å². The molecule has 1 heteroatoms. The molecule has 0 aliphatic heterocycles. The summed E-state index contributed by atoms with van der Waals surface area (Å²) in [5, 5.41) is 0. The van der Waals surface area contributed by atoms with Gasteiger partial charge in [-0.1, -0.05) is 51.9 Å². The van der Waals surface area contributed by atoms with Gasteiger partial charge in [-0.2, -0.15) is 0 Å². The molecule has 0 saturated heterocycles. The second kappa shape index (κ2) is 17.7. The van der Waals surface area contributed by atoms with Crippen LogP contribution < -0.4 is 5.73 Å². The van der Waals surface area contributed by atoms with Crippen LogP contribution in [0, 0.1) is 0 Å². The van der Waals surface area contributed by atoms with Gasteiger partial charge in [0, 0.05) is 0 Å². The Labute approximate surface area is 84.4 Å². The van der Waals surface area contributed by atoms with Gasteiger partial charge in [0.15, 0.2) is 0 Å². The van der Waals surface area contributed by atoms with Crippen molar-refractivity contribution >= 4 is 0 Å². The maximum atomic E-state index is 5.39. The summed E-state index contributed by atoms with van der Waals surface area (Å²) in [4.78, 5) is 0. The van der Waals surface area contributed by atoms with E-state index in [1.807, 2.05) is 0 Å². The molecular formula is C12H27N. The first-order valence-corrected chi connectivity index (χ1v) is 5.62. The van der Waals surface area contributed by atoms with E-state index in [1.54, 1.807) is 0 Å². The van der Waals surface area contributed by atoms with Gasteiger partial charge in [0.05, 0.1) is 0 Å². The molecule has 0 saturated carbocycles. The van der Waals surface area contributed by atoms with E-state index in [2.05, 4.69) is 20.1 Å². The fourth-order valence-electron chi connectivity index (χ4n) is 1.28. The Morgan fingerprint density at radius 2 is 1.15 bits per heavy atom. The summed E-state index contributed by atoms with van der Waals surface area (Å²) >= 11 is 0. The zero-order chi connectivity index (χ0) is 10.4. The van der Waals surface area contributed by atoms with E-state index in [4.69, 9.17) is 5.73 Å². The van der Waals surface area contributed by atoms with Crippen LogP contribution in [-0.2, 0) is 0 Å². The SMILES string of the molecule is C=C.CCCCCCCCCCN. The fraction of sp³-hybridized carbons (Fsp3) is 0.833. The van der Waals surface area contributed by atoms with Crippen molar-refractivity contribution in [3.63, 3.8) is 0 Å². The monoisotopic (exact) mass is 185 g/mol. The standard InChI is InChI=1S/C10H23N.C2H4/c1-2-3-4-5-6-7-8-9-10-11;1-2/h2-11H2,1H3;1-2H2. The molecule has 0 aliphatic rings. The molecule has 13 heavy (non-hydrogen) atoms. The third-order valence-corrected chi connectivity index (χ3v) is 2.06. The normalized spacial score (nSPS) is 9.08. The first-order chi connectivity index (χ1) is 6.41. The van der Waals surface area contributed by atoms with Crippen LogP contribution in [0.25, 0.3) is 0 Å². The average Bonchev–Trinajstić information content (AvgIpc) is 2.20. The van der Waals surface area contributed by atoms with E-state index >= 15 is 0 Å². The Bertz CT molecular complexity index is 63.5. The molecule has 2 N–H and O–H groups in total. The van der Waals surface area contributed by atoms with Crippen molar-refractivity contribution in [1.82, 2.24) is 0 Å². The summed E-state index contributed by atoms with van der Waals surface area (Å²) in [6, 6.07) is 0. The van der Waals surface area contributed by atoms with Gasteiger partial charge in [0.2, 0.25) is 0 Å². The van der Waals surface area contributed by atoms with E-state index in [0.717, 1.165) is 6.54 Å². The predicted octanol–water partition coefficient (Wildman–Crippen LogP) is 3.89. The Morgan fingerprint density at radius 1 is 0.769 bits per heavy atom. The molecule has 0 heterocycles. The van der Waals surface area contributed by atoms with E-state index in [0.29, 0.717) is 0 Å². The van der Waals surface area contributed by atoms with E-state index in [-0.39, 0.29) is 0 Å². The number of rotatable bonds is 8. The minimum atomic E-state index is 0.870. The first kappa shape index (κ1) is 15.2. The zero-order valence-electron chi connectivity index (χ0n) is 9.36. The zero-order valence-corrected chi connectivity index (χ0v) is 9.36. The molecule has 0 amide bonds. The van der Waals surface area contributed by atoms with Gasteiger partial charge < -0.3 is 5.73 Å². The molecule has 0 bridgehead atoms. The average molecular weight is 185 g/mol. The molecule has 0 unspecified atom stereocenters. The summed E-state index contributed by atoms with van der Waals surface area (Å²) in [5.41, 5.74) is 5.39. The van der Waals surface area contributed by atoms with Crippen LogP contribution >= 0.6 is 0 Å². The minimum absolute atomic E-state index is 0.870. The van der Waals surface area contributed by atoms with Gasteiger partial charge in [-0.25, -0.2) is 0 Å². The number of hydrogen-bond donors (Lipinski definition) is 1. The van der Waals surface area contributed by atoms with Crippen LogP contribution in [0.15, 0.2) is 13.2 Å². The molecule has 1 nitrogen and oxygen atoms in total. The van der Waals surface area contributed by atoms with Crippen LogP contribution in [0.4, 0.5) is 0 Å². The van der Waals surface area contributed by atoms with Crippen molar-refractivity contribution in [2.24, 2.45) is 5.73 Å². The second-order valence-electron chi connectivity index (χ2n) is 3.26. The maximum absolute atomic E-state index is 5.39. The molecule has 0 radical (unpaired) electrons. The van der Waals surface area contributed by atoms with Crippen LogP contribution in [0.2, 0.25) is 0 Å². The van der Waals surface area contributed by atoms with Gasteiger partial charge in [0.1, 0.15) is 0 Å². The Balaban J connectivity index is 0. The summed E-state index contributed by atoms with van der Waals surface area (Å²) in [6.07, 6.45) is 11.0.